The Labute approximate surface area is 138 Å². The molecule has 0 amide bonds. The summed E-state index contributed by atoms with van der Waals surface area (Å²) in [5.74, 6) is -1.10. The van der Waals surface area contributed by atoms with Crippen LogP contribution in [0.3, 0.4) is 0 Å². The molecule has 1 aromatic heterocycles. The number of nitrogens with zero attached hydrogens (tertiary/aromatic N) is 1. The van der Waals surface area contributed by atoms with Gasteiger partial charge in [0, 0.05) is 0 Å². The van der Waals surface area contributed by atoms with E-state index in [4.69, 9.17) is 5.11 Å². The van der Waals surface area contributed by atoms with Crippen molar-refractivity contribution in [2.24, 2.45) is 0 Å². The number of benzene rings is 3. The first-order valence-electron chi connectivity index (χ1n) is 7.60. The fourth-order valence-electron chi connectivity index (χ4n) is 2.78. The molecule has 0 saturated carbocycles. The molecule has 0 aliphatic heterocycles. The van der Waals surface area contributed by atoms with Crippen molar-refractivity contribution in [3.05, 3.63) is 78.6 Å². The van der Waals surface area contributed by atoms with E-state index in [1.165, 1.54) is 5.56 Å². The van der Waals surface area contributed by atoms with Gasteiger partial charge in [0.25, 0.3) is 0 Å². The van der Waals surface area contributed by atoms with Gasteiger partial charge in [0.05, 0.1) is 11.0 Å². The van der Waals surface area contributed by atoms with E-state index < -0.39 is 5.97 Å². The monoisotopic (exact) mass is 314 g/mol. The minimum atomic E-state index is -1.06. The second-order valence-electron chi connectivity index (χ2n) is 5.57. The van der Waals surface area contributed by atoms with Gasteiger partial charge in [-0.2, -0.15) is 0 Å². The van der Waals surface area contributed by atoms with Crippen molar-refractivity contribution in [1.29, 1.82) is 0 Å². The van der Waals surface area contributed by atoms with Crippen LogP contribution in [0.5, 0.6) is 0 Å². The van der Waals surface area contributed by atoms with Crippen LogP contribution in [0.15, 0.2) is 72.8 Å². The number of carbonyl (C=O) groups is 1. The fourth-order valence-corrected chi connectivity index (χ4v) is 2.78. The van der Waals surface area contributed by atoms with Gasteiger partial charge in [-0.1, -0.05) is 60.7 Å². The molecule has 2 N–H and O–H groups in total. The van der Waals surface area contributed by atoms with Gasteiger partial charge in [-0.05, 0) is 34.4 Å². The summed E-state index contributed by atoms with van der Waals surface area (Å²) in [6.45, 7) is 0. The SMILES string of the molecule is O=C(O)c1nc2ccc(-c3ccc(-c4ccccc4)cc3)cc2[nH]1. The molecule has 1 heterocycles. The van der Waals surface area contributed by atoms with Crippen molar-refractivity contribution in [2.45, 2.75) is 0 Å². The molecule has 3 aromatic carbocycles. The molecule has 0 bridgehead atoms. The van der Waals surface area contributed by atoms with Crippen LogP contribution in [0.1, 0.15) is 10.6 Å². The van der Waals surface area contributed by atoms with Gasteiger partial charge < -0.3 is 10.1 Å². The number of nitrogens with one attached hydrogen (secondary N) is 1. The average molecular weight is 314 g/mol. The lowest BCUT2D eigenvalue weighted by Gasteiger charge is -2.05. The number of hydrogen-bond donors (Lipinski definition) is 2. The van der Waals surface area contributed by atoms with Gasteiger partial charge in [0.1, 0.15) is 0 Å². The lowest BCUT2D eigenvalue weighted by atomic mass is 10.0. The summed E-state index contributed by atoms with van der Waals surface area (Å²) in [4.78, 5) is 17.9. The minimum absolute atomic E-state index is 0.0402. The van der Waals surface area contributed by atoms with Crippen LogP contribution in [-0.4, -0.2) is 21.0 Å². The van der Waals surface area contributed by atoms with Gasteiger partial charge in [-0.15, -0.1) is 0 Å². The topological polar surface area (TPSA) is 66.0 Å². The van der Waals surface area contributed by atoms with E-state index in [0.29, 0.717) is 5.52 Å². The summed E-state index contributed by atoms with van der Waals surface area (Å²) in [6.07, 6.45) is 0. The van der Waals surface area contributed by atoms with Crippen LogP contribution in [-0.2, 0) is 0 Å². The smallest absolute Gasteiger partial charge is 0.371 e. The molecule has 0 unspecified atom stereocenters. The Morgan fingerprint density at radius 3 is 2.04 bits per heavy atom. The molecule has 0 aliphatic rings. The van der Waals surface area contributed by atoms with E-state index in [1.807, 2.05) is 36.4 Å². The molecule has 24 heavy (non-hydrogen) atoms. The summed E-state index contributed by atoms with van der Waals surface area (Å²) in [6, 6.07) is 24.2. The zero-order valence-electron chi connectivity index (χ0n) is 12.7. The molecule has 4 nitrogen and oxygen atoms in total. The Balaban J connectivity index is 1.70. The van der Waals surface area contributed by atoms with Crippen LogP contribution in [0.25, 0.3) is 33.3 Å². The second kappa shape index (κ2) is 5.66. The van der Waals surface area contributed by atoms with E-state index in [-0.39, 0.29) is 5.82 Å². The summed E-state index contributed by atoms with van der Waals surface area (Å²) >= 11 is 0. The molecule has 4 rings (SSSR count). The highest BCUT2D eigenvalue weighted by molar-refractivity contribution is 5.90. The zero-order valence-corrected chi connectivity index (χ0v) is 12.7. The molecule has 0 saturated heterocycles. The summed E-state index contributed by atoms with van der Waals surface area (Å²) in [5.41, 5.74) is 5.80. The second-order valence-corrected chi connectivity index (χ2v) is 5.57. The Morgan fingerprint density at radius 1 is 0.792 bits per heavy atom. The van der Waals surface area contributed by atoms with Crippen LogP contribution in [0.4, 0.5) is 0 Å². The first-order valence-corrected chi connectivity index (χ1v) is 7.60. The number of carboxylic acids is 1. The normalized spacial score (nSPS) is 10.8. The van der Waals surface area contributed by atoms with Crippen LogP contribution < -0.4 is 0 Å². The highest BCUT2D eigenvalue weighted by Crippen LogP contribution is 2.26. The maximum atomic E-state index is 11.0. The van der Waals surface area contributed by atoms with Crippen molar-refractivity contribution < 1.29 is 9.90 Å². The summed E-state index contributed by atoms with van der Waals surface area (Å²) in [5, 5.41) is 9.02. The van der Waals surface area contributed by atoms with Gasteiger partial charge >= 0.3 is 5.97 Å². The van der Waals surface area contributed by atoms with E-state index in [2.05, 4.69) is 46.4 Å². The first kappa shape index (κ1) is 14.2. The highest BCUT2D eigenvalue weighted by Gasteiger charge is 2.10. The van der Waals surface area contributed by atoms with Crippen molar-refractivity contribution in [3.8, 4) is 22.3 Å². The first-order chi connectivity index (χ1) is 11.7. The number of carboxylic acid groups (broad SMARTS) is 1. The van der Waals surface area contributed by atoms with Crippen LogP contribution in [0, 0.1) is 0 Å². The van der Waals surface area contributed by atoms with E-state index >= 15 is 0 Å². The predicted octanol–water partition coefficient (Wildman–Crippen LogP) is 4.60. The number of imidazole rings is 1. The summed E-state index contributed by atoms with van der Waals surface area (Å²) < 4.78 is 0. The predicted molar refractivity (Wildman–Crippen MR) is 93.9 cm³/mol. The molecular formula is C20H14N2O2. The van der Waals surface area contributed by atoms with Crippen molar-refractivity contribution in [3.63, 3.8) is 0 Å². The van der Waals surface area contributed by atoms with Gasteiger partial charge in [0.2, 0.25) is 5.82 Å². The minimum Gasteiger partial charge on any atom is -0.475 e. The van der Waals surface area contributed by atoms with E-state index in [0.717, 1.165) is 22.2 Å². The van der Waals surface area contributed by atoms with Gasteiger partial charge in [0.15, 0.2) is 0 Å². The van der Waals surface area contributed by atoms with Crippen molar-refractivity contribution >= 4 is 17.0 Å². The third-order valence-electron chi connectivity index (χ3n) is 4.01. The quantitative estimate of drug-likeness (QED) is 0.581. The molecular weight excluding hydrogens is 300 g/mol. The molecule has 116 valence electrons. The Morgan fingerprint density at radius 2 is 1.38 bits per heavy atom. The van der Waals surface area contributed by atoms with Crippen LogP contribution in [0.2, 0.25) is 0 Å². The molecule has 0 radical (unpaired) electrons. The Bertz CT molecular complexity index is 1020. The fraction of sp³-hybridized carbons (Fsp3) is 0. The zero-order chi connectivity index (χ0) is 16.5. The lowest BCUT2D eigenvalue weighted by Crippen LogP contribution is -1.97. The van der Waals surface area contributed by atoms with Crippen molar-refractivity contribution in [1.82, 2.24) is 9.97 Å². The van der Waals surface area contributed by atoms with Gasteiger partial charge in [-0.25, -0.2) is 9.78 Å². The number of rotatable bonds is 3. The average Bonchev–Trinajstić information content (AvgIpc) is 3.06. The number of aromatic nitrogens is 2. The van der Waals surface area contributed by atoms with Crippen molar-refractivity contribution in [2.75, 3.05) is 0 Å². The largest absolute Gasteiger partial charge is 0.475 e. The molecule has 4 aromatic rings. The van der Waals surface area contributed by atoms with E-state index in [9.17, 15) is 4.79 Å². The standard InChI is InChI=1S/C20H14N2O2/c23-20(24)19-21-17-11-10-16(12-18(17)22-19)15-8-6-14(7-9-15)13-4-2-1-3-5-13/h1-12H,(H,21,22)(H,23,24). The lowest BCUT2D eigenvalue weighted by molar-refractivity contribution is 0.0685. The number of H-pyrrole nitrogens is 1. The number of hydrogen-bond acceptors (Lipinski definition) is 2. The number of fused-ring (bicyclic) bond motifs is 1. The molecule has 4 heteroatoms. The highest BCUT2D eigenvalue weighted by atomic mass is 16.4. The summed E-state index contributed by atoms with van der Waals surface area (Å²) in [7, 11) is 0. The number of aromatic amines is 1. The molecule has 0 aliphatic carbocycles. The van der Waals surface area contributed by atoms with Crippen LogP contribution >= 0.6 is 0 Å². The molecule has 0 atom stereocenters. The maximum absolute atomic E-state index is 11.0. The van der Waals surface area contributed by atoms with Gasteiger partial charge in [-0.3, -0.25) is 0 Å². The molecule has 0 fully saturated rings. The maximum Gasteiger partial charge on any atom is 0.371 e. The third-order valence-corrected chi connectivity index (χ3v) is 4.01. The van der Waals surface area contributed by atoms with E-state index in [1.54, 1.807) is 0 Å². The number of aromatic carboxylic acids is 1. The molecule has 0 spiro atoms. The third kappa shape index (κ3) is 2.54. The Kier molecular flexibility index (Phi) is 3.35. The Hall–Kier alpha value is -3.40.